The molecule has 0 aromatic heterocycles. The van der Waals surface area contributed by atoms with E-state index in [1.54, 1.807) is 0 Å². The molecule has 0 unspecified atom stereocenters. The van der Waals surface area contributed by atoms with Crippen molar-refractivity contribution >= 4 is 5.91 Å². The number of hydrogen-bond acceptors (Lipinski definition) is 29. The van der Waals surface area contributed by atoms with E-state index in [4.69, 9.17) is 52.1 Å². The Kier molecular flexibility index (Phi) is 19.2. The number of amides is 1. The summed E-state index contributed by atoms with van der Waals surface area (Å²) in [5.74, 6) is -0.894. The van der Waals surface area contributed by atoms with Crippen LogP contribution in [0.1, 0.15) is 20.8 Å². The Labute approximate surface area is 386 Å². The van der Waals surface area contributed by atoms with Gasteiger partial charge in [-0.2, -0.15) is 0 Å². The highest BCUT2D eigenvalue weighted by molar-refractivity contribution is 5.73. The number of hydrogen-bond donors (Lipinski definition) is 18. The molecule has 68 heavy (non-hydrogen) atoms. The molecular weight excluding hydrogens is 934 g/mol. The lowest BCUT2D eigenvalue weighted by Crippen LogP contribution is -2.71. The molecule has 30 heteroatoms. The summed E-state index contributed by atoms with van der Waals surface area (Å²) in [5, 5.41) is 184. The van der Waals surface area contributed by atoms with Crippen molar-refractivity contribution in [1.82, 2.24) is 5.32 Å². The first-order chi connectivity index (χ1) is 32.1. The van der Waals surface area contributed by atoms with E-state index in [0.29, 0.717) is 0 Å². The molecule has 30 nitrogen and oxygen atoms in total. The van der Waals surface area contributed by atoms with Crippen molar-refractivity contribution in [2.45, 2.75) is 205 Å². The van der Waals surface area contributed by atoms with Crippen molar-refractivity contribution in [1.29, 1.82) is 0 Å². The fourth-order valence-corrected chi connectivity index (χ4v) is 8.78. The standard InChI is InChI=1S/C38H65NO29/c1-8-16(45)20(49)25(54)35(58-8)65-29-14(7-43)63-34(67-31-19(48)12(5-41)61-37(27(31)56)64-28-13(6-42)60-33(57)24(53)23(28)52)15(39-10(3)44)30(29)66-38-32(22(51)18(47)11(4-40)62-38)68-36-26(55)21(50)17(46)9(2)59-36/h8-9,11-38,40-43,45-57H,4-7H2,1-3H3,(H,39,44)/t8-,9-,11+,12+,13+,14+,15+,16+,17+,18-,19-,20+,21+,22-,23-,24+,25-,26-,27+,28+,29+,30+,31-,32+,33+,34-,35-,36-,37-,38-/m0/s1. The van der Waals surface area contributed by atoms with Crippen molar-refractivity contribution < 1.29 is 144 Å². The molecule has 0 spiro atoms. The molecule has 0 radical (unpaired) electrons. The van der Waals surface area contributed by atoms with Crippen LogP contribution >= 0.6 is 0 Å². The summed E-state index contributed by atoms with van der Waals surface area (Å²) in [5.41, 5.74) is 0. The van der Waals surface area contributed by atoms with Crippen LogP contribution in [0.2, 0.25) is 0 Å². The minimum atomic E-state index is -2.19. The van der Waals surface area contributed by atoms with Gasteiger partial charge >= 0.3 is 0 Å². The van der Waals surface area contributed by atoms with E-state index < -0.39 is 217 Å². The van der Waals surface area contributed by atoms with Crippen LogP contribution in [0, 0.1) is 0 Å². The van der Waals surface area contributed by atoms with Crippen LogP contribution in [0.4, 0.5) is 0 Å². The highest BCUT2D eigenvalue weighted by atomic mass is 16.8. The largest absolute Gasteiger partial charge is 0.394 e. The van der Waals surface area contributed by atoms with Gasteiger partial charge in [0.2, 0.25) is 5.91 Å². The van der Waals surface area contributed by atoms with E-state index in [0.717, 1.165) is 6.92 Å². The predicted octanol–water partition coefficient (Wildman–Crippen LogP) is -11.9. The Morgan fingerprint density at radius 1 is 0.382 bits per heavy atom. The molecule has 0 aromatic carbocycles. The number of aliphatic hydroxyl groups excluding tert-OH is 17. The van der Waals surface area contributed by atoms with Gasteiger partial charge in [-0.25, -0.2) is 0 Å². The molecule has 6 aliphatic rings. The molecule has 6 aliphatic heterocycles. The maximum atomic E-state index is 13.1. The monoisotopic (exact) mass is 999 g/mol. The van der Waals surface area contributed by atoms with Crippen LogP contribution in [-0.2, 0) is 56.9 Å². The Hall–Kier alpha value is -1.65. The van der Waals surface area contributed by atoms with Crippen molar-refractivity contribution in [2.75, 3.05) is 26.4 Å². The maximum absolute atomic E-state index is 13.1. The average Bonchev–Trinajstić information content (AvgIpc) is 3.31. The molecule has 1 amide bonds. The van der Waals surface area contributed by atoms with Crippen molar-refractivity contribution in [2.24, 2.45) is 0 Å². The highest BCUT2D eigenvalue weighted by Gasteiger charge is 2.59. The van der Waals surface area contributed by atoms with Gasteiger partial charge < -0.3 is 144 Å². The molecule has 18 N–H and O–H groups in total. The Morgan fingerprint density at radius 2 is 0.794 bits per heavy atom. The van der Waals surface area contributed by atoms with Crippen LogP contribution in [0.3, 0.4) is 0 Å². The van der Waals surface area contributed by atoms with Crippen molar-refractivity contribution in [3.8, 4) is 0 Å². The second-order valence-electron chi connectivity index (χ2n) is 17.5. The third-order valence-electron chi connectivity index (χ3n) is 12.8. The fourth-order valence-electron chi connectivity index (χ4n) is 8.78. The molecule has 6 saturated heterocycles. The van der Waals surface area contributed by atoms with E-state index in [2.05, 4.69) is 5.32 Å². The van der Waals surface area contributed by atoms with E-state index >= 15 is 0 Å². The molecule has 6 rings (SSSR count). The summed E-state index contributed by atoms with van der Waals surface area (Å²) in [4.78, 5) is 13.1. The summed E-state index contributed by atoms with van der Waals surface area (Å²) >= 11 is 0. The minimum absolute atomic E-state index is 0.894. The third-order valence-corrected chi connectivity index (χ3v) is 12.8. The molecule has 0 saturated carbocycles. The van der Waals surface area contributed by atoms with Crippen LogP contribution in [0.5, 0.6) is 0 Å². The van der Waals surface area contributed by atoms with Gasteiger partial charge in [0, 0.05) is 6.92 Å². The normalized spacial score (nSPS) is 52.6. The summed E-state index contributed by atoms with van der Waals surface area (Å²) in [6.07, 6.45) is -54.0. The lowest BCUT2D eigenvalue weighted by molar-refractivity contribution is -0.400. The first-order valence-electron chi connectivity index (χ1n) is 21.8. The van der Waals surface area contributed by atoms with Crippen LogP contribution in [0.25, 0.3) is 0 Å². The minimum Gasteiger partial charge on any atom is -0.394 e. The van der Waals surface area contributed by atoms with Gasteiger partial charge in [0.15, 0.2) is 37.7 Å². The molecule has 6 heterocycles. The topological polar surface area (TPSA) is 475 Å². The van der Waals surface area contributed by atoms with Crippen LogP contribution in [-0.4, -0.2) is 303 Å². The molecule has 0 bridgehead atoms. The third kappa shape index (κ3) is 11.4. The van der Waals surface area contributed by atoms with Crippen LogP contribution in [0.15, 0.2) is 0 Å². The SMILES string of the molecule is CC(=O)N[C@H]1[C@H](O[C@H]2[C@@H](O)[C@@H](CO)O[C@@H](O[C@H]3[C@@H](O)[C@@H](O)[C@H](O)O[C@@H]3CO)[C@@H]2O)O[C@H](CO)[C@@H](O[C@@H]2O[C@@H](C)[C@@H](O)[C@@H](O)[C@@H]2O)[C@@H]1O[C@@H]1O[C@H](CO)[C@H](O)[C@H](O)[C@H]1O[C@@H]1O[C@@H](C)[C@@H](O)[C@@H](O)[C@@H]1O. The summed E-state index contributed by atoms with van der Waals surface area (Å²) < 4.78 is 63.9. The van der Waals surface area contributed by atoms with Gasteiger partial charge in [-0.05, 0) is 13.8 Å². The van der Waals surface area contributed by atoms with E-state index in [1.807, 2.05) is 0 Å². The van der Waals surface area contributed by atoms with Crippen molar-refractivity contribution in [3.63, 3.8) is 0 Å². The zero-order valence-electron chi connectivity index (χ0n) is 36.7. The first-order valence-corrected chi connectivity index (χ1v) is 21.8. The quantitative estimate of drug-likeness (QED) is 0.0724. The molecule has 6 fully saturated rings. The zero-order chi connectivity index (χ0) is 50.2. The van der Waals surface area contributed by atoms with E-state index in [9.17, 15) is 91.6 Å². The Morgan fingerprint density at radius 3 is 1.32 bits per heavy atom. The Balaban J connectivity index is 1.39. The number of nitrogens with one attached hydrogen (secondary N) is 1. The smallest absolute Gasteiger partial charge is 0.217 e. The van der Waals surface area contributed by atoms with Gasteiger partial charge in [-0.3, -0.25) is 4.79 Å². The van der Waals surface area contributed by atoms with E-state index in [1.165, 1.54) is 13.8 Å². The number of ether oxygens (including phenoxy) is 11. The molecule has 30 atom stereocenters. The summed E-state index contributed by atoms with van der Waals surface area (Å²) in [6, 6.07) is -1.86. The number of aliphatic hydroxyl groups is 17. The highest BCUT2D eigenvalue weighted by Crippen LogP contribution is 2.38. The lowest BCUT2D eigenvalue weighted by atomic mass is 9.93. The molecular formula is C38H65NO29. The number of rotatable bonds is 15. The molecule has 0 aromatic rings. The predicted molar refractivity (Wildman–Crippen MR) is 208 cm³/mol. The number of carbonyl (C=O) groups is 1. The summed E-state index contributed by atoms with van der Waals surface area (Å²) in [6.45, 7) is -0.357. The average molecular weight is 1000 g/mol. The van der Waals surface area contributed by atoms with Crippen LogP contribution < -0.4 is 5.32 Å². The van der Waals surface area contributed by atoms with Gasteiger partial charge in [-0.15, -0.1) is 0 Å². The maximum Gasteiger partial charge on any atom is 0.217 e. The lowest BCUT2D eigenvalue weighted by Gasteiger charge is -2.52. The number of carbonyl (C=O) groups excluding carboxylic acids is 1. The molecule has 0 aliphatic carbocycles. The molecule has 396 valence electrons. The van der Waals surface area contributed by atoms with E-state index in [-0.39, 0.29) is 0 Å². The first kappa shape index (κ1) is 55.7. The summed E-state index contributed by atoms with van der Waals surface area (Å²) in [7, 11) is 0. The van der Waals surface area contributed by atoms with Gasteiger partial charge in [0.05, 0.1) is 38.6 Å². The Bertz CT molecular complexity index is 1590. The van der Waals surface area contributed by atoms with Gasteiger partial charge in [0.25, 0.3) is 0 Å². The van der Waals surface area contributed by atoms with Crippen molar-refractivity contribution in [3.05, 3.63) is 0 Å². The second kappa shape index (κ2) is 23.5. The van der Waals surface area contributed by atoms with Gasteiger partial charge in [0.1, 0.15) is 134 Å². The van der Waals surface area contributed by atoms with Gasteiger partial charge in [-0.1, -0.05) is 0 Å². The fraction of sp³-hybridized carbons (Fsp3) is 0.974. The second-order valence-corrected chi connectivity index (χ2v) is 17.5. The zero-order valence-corrected chi connectivity index (χ0v) is 36.7.